The molecule has 80 heavy (non-hydrogen) atoms. The van der Waals surface area contributed by atoms with E-state index in [9.17, 15) is 38.7 Å². The largest absolute Gasteiger partial charge is 0.376 e. The van der Waals surface area contributed by atoms with Crippen LogP contribution in [0.5, 0.6) is 0 Å². The summed E-state index contributed by atoms with van der Waals surface area (Å²) < 4.78 is 0. The molecule has 0 bridgehead atoms. The van der Waals surface area contributed by atoms with E-state index < -0.39 is 83.1 Å². The number of likely N-dealkylation sites (tertiary alicyclic amines) is 2. The molecule has 9 N–H and O–H groups in total. The van der Waals surface area contributed by atoms with Crippen LogP contribution < -0.4 is 42.5 Å². The number of aliphatic hydroxyl groups is 1. The van der Waals surface area contributed by atoms with Gasteiger partial charge >= 0.3 is 0 Å². The highest BCUT2D eigenvalue weighted by atomic mass is 16.3. The van der Waals surface area contributed by atoms with Gasteiger partial charge in [0.15, 0.2) is 0 Å². The molecule has 4 aromatic carbocycles. The van der Waals surface area contributed by atoms with Crippen molar-refractivity contribution < 1.29 is 38.7 Å². The van der Waals surface area contributed by atoms with Crippen LogP contribution >= 0.6 is 0 Å². The molecule has 2 saturated heterocycles. The molecule has 0 radical (unpaired) electrons. The Morgan fingerprint density at radius 3 is 1.55 bits per heavy atom. The predicted octanol–water partition coefficient (Wildman–Crippen LogP) is 4.70. The minimum absolute atomic E-state index is 0.0273. The molecule has 18 heteroatoms. The molecule has 430 valence electrons. The average molecular weight is 1100 g/mol. The van der Waals surface area contributed by atoms with Crippen molar-refractivity contribution in [3.05, 3.63) is 118 Å². The Balaban J connectivity index is 0.997. The number of amides is 7. The number of rotatable bonds is 17. The Morgan fingerprint density at radius 1 is 0.575 bits per heavy atom. The summed E-state index contributed by atoms with van der Waals surface area (Å²) in [5.41, 5.74) is 3.74. The van der Waals surface area contributed by atoms with Gasteiger partial charge in [0.1, 0.15) is 24.4 Å². The van der Waals surface area contributed by atoms with Gasteiger partial charge in [0.05, 0.1) is 24.2 Å². The monoisotopic (exact) mass is 1100 g/mol. The maximum atomic E-state index is 14.8. The topological polar surface area (TPSA) is 242 Å². The summed E-state index contributed by atoms with van der Waals surface area (Å²) in [6.07, 6.45) is 4.44. The fraction of sp³-hybridized carbons (Fsp3) is 0.532. The Bertz CT molecular complexity index is 2950. The zero-order valence-electron chi connectivity index (χ0n) is 48.2. The van der Waals surface area contributed by atoms with Crippen LogP contribution in [0.15, 0.2) is 84.9 Å². The van der Waals surface area contributed by atoms with Crippen molar-refractivity contribution in [2.45, 2.75) is 173 Å². The number of aryl methyl sites for hydroxylation is 2. The van der Waals surface area contributed by atoms with Crippen LogP contribution in [0.3, 0.4) is 0 Å². The highest BCUT2D eigenvalue weighted by molar-refractivity contribution is 6.02. The van der Waals surface area contributed by atoms with E-state index in [1.807, 2.05) is 71.9 Å². The van der Waals surface area contributed by atoms with Crippen molar-refractivity contribution >= 4 is 52.1 Å². The molecule has 2 fully saturated rings. The summed E-state index contributed by atoms with van der Waals surface area (Å²) in [4.78, 5) is 102. The zero-order valence-corrected chi connectivity index (χ0v) is 48.2. The van der Waals surface area contributed by atoms with Crippen LogP contribution in [0.25, 0.3) is 10.8 Å². The Kier molecular flexibility index (Phi) is 18.5. The van der Waals surface area contributed by atoms with E-state index in [-0.39, 0.29) is 61.6 Å². The first kappa shape index (κ1) is 59.4. The molecule has 2 aliphatic carbocycles. The number of aliphatic hydroxyl groups excluding tert-OH is 1. The Morgan fingerprint density at radius 2 is 1.04 bits per heavy atom. The molecular weight excluding hydrogens is 1010 g/mol. The number of hydrogen-bond donors (Lipinski definition) is 9. The minimum Gasteiger partial charge on any atom is -0.376 e. The van der Waals surface area contributed by atoms with E-state index in [4.69, 9.17) is 0 Å². The second-order valence-corrected chi connectivity index (χ2v) is 24.7. The summed E-state index contributed by atoms with van der Waals surface area (Å²) >= 11 is 0. The lowest BCUT2D eigenvalue weighted by Gasteiger charge is -2.38. The summed E-state index contributed by atoms with van der Waals surface area (Å²) in [5.74, 6) is -2.65. The highest BCUT2D eigenvalue weighted by Crippen LogP contribution is 2.35. The van der Waals surface area contributed by atoms with Crippen LogP contribution in [0, 0.1) is 10.8 Å². The van der Waals surface area contributed by atoms with Gasteiger partial charge < -0.3 is 52.1 Å². The highest BCUT2D eigenvalue weighted by Gasteiger charge is 2.48. The minimum atomic E-state index is -1.16. The number of carbonyl (C=O) groups excluding carboxylic acids is 7. The molecule has 18 nitrogen and oxygen atoms in total. The van der Waals surface area contributed by atoms with Gasteiger partial charge in [-0.3, -0.25) is 38.9 Å². The third-order valence-electron chi connectivity index (χ3n) is 16.8. The van der Waals surface area contributed by atoms with Crippen LogP contribution in [-0.2, 0) is 36.8 Å². The van der Waals surface area contributed by atoms with Crippen molar-refractivity contribution in [3.8, 4) is 0 Å². The molecule has 2 aliphatic heterocycles. The lowest BCUT2D eigenvalue weighted by molar-refractivity contribution is -0.144. The Hall–Kier alpha value is -6.73. The third-order valence-corrected chi connectivity index (χ3v) is 16.8. The van der Waals surface area contributed by atoms with Gasteiger partial charge in [-0.05, 0) is 147 Å². The van der Waals surface area contributed by atoms with Crippen molar-refractivity contribution in [2.24, 2.45) is 10.8 Å². The standard InChI is InChI=1S/C62H84N10O8/c1-35(63-9)53(73)69-51(61(3,4)5)59(79)71-33-43(31-49(71)57(77)67-47-23-15-19-38-17-11-13-21-45(38)47)65-55(75)40-27-25-37-26-28-41(30-42(37)29-40)56(76)66-44-32-50(58(78)68-48-24-16-20-39-18-12-14-22-46(39)48)72(34-44)60(80)52(62(6,7)8)70-54(74)36(2)64-10/h11-14,17-18,21-22,25-30,35-36,43-44,47-52,57,63-64,67,77H,15-16,19-20,23-24,31-34H2,1-10H3,(H,65,75)(H,66,76)(H,68,78)(H,69,73)(H,70,74)/t35-,36-,43-,44-,47+,48+,49-,50-,51+,52+,57?/m0/s1. The van der Waals surface area contributed by atoms with Crippen molar-refractivity contribution in [1.82, 2.24) is 52.3 Å². The first-order valence-electron chi connectivity index (χ1n) is 28.6. The second kappa shape index (κ2) is 25.0. The number of nitrogens with one attached hydrogen (secondary N) is 8. The molecule has 7 amide bonds. The number of likely N-dealkylation sites (N-methyl/N-ethyl adjacent to an activating group) is 2. The molecule has 2 heterocycles. The van der Waals surface area contributed by atoms with E-state index in [0.717, 1.165) is 55.0 Å². The van der Waals surface area contributed by atoms with Crippen molar-refractivity contribution in [3.63, 3.8) is 0 Å². The molecule has 4 aromatic rings. The number of hydrogen-bond acceptors (Lipinski definition) is 11. The van der Waals surface area contributed by atoms with Gasteiger partial charge in [0.25, 0.3) is 11.8 Å². The third kappa shape index (κ3) is 13.5. The first-order chi connectivity index (χ1) is 37.9. The van der Waals surface area contributed by atoms with Crippen molar-refractivity contribution in [2.75, 3.05) is 27.2 Å². The Labute approximate surface area is 471 Å². The van der Waals surface area contributed by atoms with E-state index in [0.29, 0.717) is 16.5 Å². The lowest BCUT2D eigenvalue weighted by atomic mass is 9.85. The van der Waals surface area contributed by atoms with Gasteiger partial charge in [-0.1, -0.05) is 102 Å². The molecule has 0 aromatic heterocycles. The molecule has 0 saturated carbocycles. The van der Waals surface area contributed by atoms with E-state index in [1.165, 1.54) is 16.0 Å². The molecule has 11 atom stereocenters. The van der Waals surface area contributed by atoms with E-state index in [2.05, 4.69) is 60.7 Å². The van der Waals surface area contributed by atoms with Gasteiger partial charge in [0, 0.05) is 42.3 Å². The quantitative estimate of drug-likeness (QED) is 0.0657. The number of fused-ring (bicyclic) bond motifs is 3. The molecule has 0 spiro atoms. The fourth-order valence-electron chi connectivity index (χ4n) is 11.9. The SMILES string of the molecule is CN[C@@H](C)C(=O)N[C@H](C(=O)N1C[C@@H](NC(=O)c2ccc3ccc(C(=O)N[C@H]4C[C@@H](C(O)N[C@@H]5CCCc6ccccc65)N(C(=O)[C@@H](NC(=O)[C@H](C)NC)C(C)(C)C)C4)cc3c2)C[C@H]1C(=O)N[C@@H]1CCCc2ccccc21)C(C)(C)C. The van der Waals surface area contributed by atoms with Crippen molar-refractivity contribution in [1.29, 1.82) is 0 Å². The smallest absolute Gasteiger partial charge is 0.251 e. The van der Waals surface area contributed by atoms with E-state index in [1.54, 1.807) is 69.2 Å². The summed E-state index contributed by atoms with van der Waals surface area (Å²) in [6, 6.07) is 20.3. The van der Waals surface area contributed by atoms with Crippen LogP contribution in [0.4, 0.5) is 0 Å². The normalized spacial score (nSPS) is 22.9. The molecule has 4 aliphatic rings. The van der Waals surface area contributed by atoms with Crippen LogP contribution in [-0.4, -0.2) is 138 Å². The number of carbonyl (C=O) groups is 7. The van der Waals surface area contributed by atoms with Gasteiger partial charge in [-0.15, -0.1) is 0 Å². The summed E-state index contributed by atoms with van der Waals surface area (Å²) in [7, 11) is 3.34. The molecule has 1 unspecified atom stereocenters. The molecule has 8 rings (SSSR count). The van der Waals surface area contributed by atoms with Gasteiger partial charge in [-0.2, -0.15) is 0 Å². The van der Waals surface area contributed by atoms with Crippen LogP contribution in [0.2, 0.25) is 0 Å². The summed E-state index contributed by atoms with van der Waals surface area (Å²) in [6.45, 7) is 14.8. The summed E-state index contributed by atoms with van der Waals surface area (Å²) in [5, 5.41) is 38.1. The maximum Gasteiger partial charge on any atom is 0.251 e. The average Bonchev–Trinajstić information content (AvgIpc) is 4.11. The number of benzene rings is 4. The van der Waals surface area contributed by atoms with Gasteiger partial charge in [0.2, 0.25) is 29.5 Å². The lowest BCUT2D eigenvalue weighted by Crippen LogP contribution is -2.60. The maximum absolute atomic E-state index is 14.8. The second-order valence-electron chi connectivity index (χ2n) is 24.7. The van der Waals surface area contributed by atoms with Gasteiger partial charge in [-0.25, -0.2) is 0 Å². The zero-order chi connectivity index (χ0) is 57.8. The van der Waals surface area contributed by atoms with E-state index >= 15 is 0 Å². The first-order valence-corrected chi connectivity index (χ1v) is 28.6. The fourth-order valence-corrected chi connectivity index (χ4v) is 11.9. The van der Waals surface area contributed by atoms with Crippen LogP contribution in [0.1, 0.15) is 149 Å². The molecular formula is C62H84N10O8. The number of nitrogens with zero attached hydrogens (tertiary/aromatic N) is 2. The predicted molar refractivity (Wildman–Crippen MR) is 308 cm³/mol.